The molecule has 1 aliphatic rings. The van der Waals surface area contributed by atoms with Gasteiger partial charge in [-0.25, -0.2) is 4.98 Å². The van der Waals surface area contributed by atoms with Crippen LogP contribution in [0.4, 0.5) is 0 Å². The third-order valence-corrected chi connectivity index (χ3v) is 3.09. The molecule has 0 amide bonds. The lowest BCUT2D eigenvalue weighted by atomic mass is 10.1. The molecule has 5 atom stereocenters. The Morgan fingerprint density at radius 2 is 2.19 bits per heavy atom. The minimum absolute atomic E-state index is 0.0147. The Balaban J connectivity index is 2.40. The Hall–Kier alpha value is -1.94. The Labute approximate surface area is 120 Å². The zero-order chi connectivity index (χ0) is 15.6. The van der Waals surface area contributed by atoms with Crippen molar-refractivity contribution < 1.29 is 25.2 Å². The molecular weight excluding hydrogens is 278 g/mol. The molecule has 8 heteroatoms. The minimum Gasteiger partial charge on any atom is -0.394 e. The van der Waals surface area contributed by atoms with E-state index in [9.17, 15) is 15.3 Å². The van der Waals surface area contributed by atoms with E-state index in [2.05, 4.69) is 16.8 Å². The van der Waals surface area contributed by atoms with Crippen molar-refractivity contribution in [1.29, 1.82) is 5.26 Å². The van der Waals surface area contributed by atoms with Gasteiger partial charge in [-0.3, -0.25) is 4.57 Å². The fourth-order valence-corrected chi connectivity index (χ4v) is 2.04. The summed E-state index contributed by atoms with van der Waals surface area (Å²) < 4.78 is 6.66. The van der Waals surface area contributed by atoms with Crippen molar-refractivity contribution in [3.63, 3.8) is 0 Å². The largest absolute Gasteiger partial charge is 0.394 e. The highest BCUT2D eigenvalue weighted by atomic mass is 16.6. The normalized spacial score (nSPS) is 29.5. The van der Waals surface area contributed by atoms with E-state index in [1.165, 1.54) is 17.8 Å². The van der Waals surface area contributed by atoms with E-state index >= 15 is 0 Å². The number of aromatic nitrogens is 2. The van der Waals surface area contributed by atoms with Crippen LogP contribution in [0.2, 0.25) is 0 Å². The Morgan fingerprint density at radius 1 is 1.48 bits per heavy atom. The summed E-state index contributed by atoms with van der Waals surface area (Å²) in [5, 5.41) is 47.0. The molecule has 0 bridgehead atoms. The number of ether oxygens (including phenoxy) is 1. The van der Waals surface area contributed by atoms with E-state index in [1.807, 2.05) is 6.07 Å². The molecule has 1 saturated heterocycles. The summed E-state index contributed by atoms with van der Waals surface area (Å²) in [6, 6.07) is 1.85. The fourth-order valence-electron chi connectivity index (χ4n) is 2.04. The van der Waals surface area contributed by atoms with E-state index in [0.717, 1.165) is 0 Å². The van der Waals surface area contributed by atoms with Crippen LogP contribution in [0.1, 0.15) is 24.5 Å². The summed E-state index contributed by atoms with van der Waals surface area (Å²) >= 11 is 0. The van der Waals surface area contributed by atoms with Gasteiger partial charge in [0.1, 0.15) is 36.2 Å². The van der Waals surface area contributed by atoms with Crippen molar-refractivity contribution >= 4 is 0 Å². The molecule has 1 aromatic heterocycles. The van der Waals surface area contributed by atoms with Gasteiger partial charge >= 0.3 is 0 Å². The number of aliphatic hydroxyl groups excluding tert-OH is 4. The van der Waals surface area contributed by atoms with Crippen LogP contribution in [0.15, 0.2) is 6.33 Å². The van der Waals surface area contributed by atoms with Gasteiger partial charge in [0.25, 0.3) is 0 Å². The molecule has 21 heavy (non-hydrogen) atoms. The predicted octanol–water partition coefficient (Wildman–Crippen LogP) is -1.90. The van der Waals surface area contributed by atoms with Crippen LogP contribution >= 0.6 is 0 Å². The molecule has 2 heterocycles. The summed E-state index contributed by atoms with van der Waals surface area (Å²) in [6.07, 6.45) is -4.16. The third kappa shape index (κ3) is 2.90. The van der Waals surface area contributed by atoms with Gasteiger partial charge in [0.2, 0.25) is 0 Å². The molecule has 0 spiro atoms. The Morgan fingerprint density at radius 3 is 2.71 bits per heavy atom. The smallest absolute Gasteiger partial charge is 0.174 e. The summed E-state index contributed by atoms with van der Waals surface area (Å²) in [5.74, 6) is 5.08. The van der Waals surface area contributed by atoms with Crippen molar-refractivity contribution in [1.82, 2.24) is 9.55 Å². The van der Waals surface area contributed by atoms with Gasteiger partial charge in [-0.15, -0.1) is 0 Å². The number of hydrogen-bond acceptors (Lipinski definition) is 7. The molecule has 0 aliphatic carbocycles. The predicted molar refractivity (Wildman–Crippen MR) is 68.5 cm³/mol. The lowest BCUT2D eigenvalue weighted by molar-refractivity contribution is -0.0531. The van der Waals surface area contributed by atoms with Crippen LogP contribution in [0.25, 0.3) is 0 Å². The first kappa shape index (κ1) is 15.4. The molecule has 1 aliphatic heterocycles. The maximum absolute atomic E-state index is 9.98. The maximum atomic E-state index is 9.98. The molecule has 0 saturated carbocycles. The third-order valence-electron chi connectivity index (χ3n) is 3.09. The molecule has 0 aromatic carbocycles. The first-order valence-corrected chi connectivity index (χ1v) is 6.28. The van der Waals surface area contributed by atoms with Crippen molar-refractivity contribution in [3.05, 3.63) is 17.7 Å². The first-order chi connectivity index (χ1) is 9.99. The number of hydrogen-bond donors (Lipinski definition) is 4. The number of aliphatic hydroxyl groups is 4. The molecular formula is C13H15N3O5. The highest BCUT2D eigenvalue weighted by molar-refractivity contribution is 5.40. The van der Waals surface area contributed by atoms with Crippen LogP contribution in [0.3, 0.4) is 0 Å². The second kappa shape index (κ2) is 6.22. The summed E-state index contributed by atoms with van der Waals surface area (Å²) in [7, 11) is 0. The van der Waals surface area contributed by atoms with E-state index in [0.29, 0.717) is 0 Å². The standard InChI is InChI=1S/C13H15N3O5/c1-7(18)2-3-9-8(4-14)15-6-16(9)13-12(20)11(19)10(5-17)21-13/h6-7,10-13,17-20H,5H2,1H3/t7?,10-,11-,12-,13-/m1/s1. The summed E-state index contributed by atoms with van der Waals surface area (Å²) in [4.78, 5) is 3.85. The van der Waals surface area contributed by atoms with Gasteiger partial charge in [0.05, 0.1) is 12.9 Å². The molecule has 1 fully saturated rings. The molecule has 112 valence electrons. The molecule has 8 nitrogen and oxygen atoms in total. The molecule has 2 rings (SSSR count). The van der Waals surface area contributed by atoms with Crippen molar-refractivity contribution in [2.75, 3.05) is 6.61 Å². The van der Waals surface area contributed by atoms with E-state index in [4.69, 9.17) is 15.1 Å². The SMILES string of the molecule is CC(O)C#Cc1c(C#N)ncn1[C@@H]1O[C@H](CO)[C@@H](O)[C@H]1O. The first-order valence-electron chi connectivity index (χ1n) is 6.28. The minimum atomic E-state index is -1.30. The summed E-state index contributed by atoms with van der Waals surface area (Å²) in [6.45, 7) is 1.01. The average Bonchev–Trinajstić information content (AvgIpc) is 2.99. The highest BCUT2D eigenvalue weighted by Gasteiger charge is 2.44. The van der Waals surface area contributed by atoms with Gasteiger partial charge in [-0.05, 0) is 12.8 Å². The Bertz CT molecular complexity index is 610. The monoisotopic (exact) mass is 293 g/mol. The van der Waals surface area contributed by atoms with Crippen LogP contribution in [-0.4, -0.2) is 61.0 Å². The van der Waals surface area contributed by atoms with Crippen molar-refractivity contribution in [2.45, 2.75) is 37.6 Å². The van der Waals surface area contributed by atoms with Crippen LogP contribution in [0.5, 0.6) is 0 Å². The van der Waals surface area contributed by atoms with Gasteiger partial charge in [-0.2, -0.15) is 5.26 Å². The number of nitriles is 1. The van der Waals surface area contributed by atoms with Gasteiger partial charge < -0.3 is 25.2 Å². The summed E-state index contributed by atoms with van der Waals surface area (Å²) in [5.41, 5.74) is 0.175. The van der Waals surface area contributed by atoms with E-state index < -0.39 is 37.3 Å². The van der Waals surface area contributed by atoms with E-state index in [1.54, 1.807) is 0 Å². The topological polar surface area (TPSA) is 132 Å². The quantitative estimate of drug-likeness (QED) is 0.468. The molecule has 1 aromatic rings. The van der Waals surface area contributed by atoms with E-state index in [-0.39, 0.29) is 11.4 Å². The molecule has 1 unspecified atom stereocenters. The lowest BCUT2D eigenvalue weighted by Crippen LogP contribution is -2.33. The van der Waals surface area contributed by atoms with Crippen LogP contribution in [-0.2, 0) is 4.74 Å². The van der Waals surface area contributed by atoms with Gasteiger partial charge in [0.15, 0.2) is 11.9 Å². The second-order valence-corrected chi connectivity index (χ2v) is 4.64. The fraction of sp³-hybridized carbons (Fsp3) is 0.538. The second-order valence-electron chi connectivity index (χ2n) is 4.64. The van der Waals surface area contributed by atoms with Crippen molar-refractivity contribution in [2.24, 2.45) is 0 Å². The molecule has 0 radical (unpaired) electrons. The maximum Gasteiger partial charge on any atom is 0.174 e. The van der Waals surface area contributed by atoms with Gasteiger partial charge in [-0.1, -0.05) is 5.92 Å². The lowest BCUT2D eigenvalue weighted by Gasteiger charge is -2.17. The van der Waals surface area contributed by atoms with Crippen LogP contribution in [0, 0.1) is 23.2 Å². The number of rotatable bonds is 2. The number of nitrogens with zero attached hydrogens (tertiary/aromatic N) is 3. The average molecular weight is 293 g/mol. The Kier molecular flexibility index (Phi) is 4.58. The highest BCUT2D eigenvalue weighted by Crippen LogP contribution is 2.30. The van der Waals surface area contributed by atoms with Crippen LogP contribution < -0.4 is 0 Å². The van der Waals surface area contributed by atoms with Gasteiger partial charge in [0, 0.05) is 0 Å². The zero-order valence-corrected chi connectivity index (χ0v) is 11.2. The zero-order valence-electron chi connectivity index (χ0n) is 11.2. The molecule has 4 N–H and O–H groups in total. The number of imidazole rings is 1. The van der Waals surface area contributed by atoms with Crippen molar-refractivity contribution in [3.8, 4) is 17.9 Å².